The predicted molar refractivity (Wildman–Crippen MR) is 75.9 cm³/mol. The van der Waals surface area contributed by atoms with Gasteiger partial charge in [0.05, 0.1) is 6.10 Å². The van der Waals surface area contributed by atoms with E-state index in [1.165, 1.54) is 5.56 Å². The molecule has 0 bridgehead atoms. The molecule has 1 N–H and O–H groups in total. The van der Waals surface area contributed by atoms with Gasteiger partial charge in [-0.2, -0.15) is 0 Å². The van der Waals surface area contributed by atoms with Crippen LogP contribution in [0.1, 0.15) is 41.6 Å². The van der Waals surface area contributed by atoms with Gasteiger partial charge in [0.25, 0.3) is 5.91 Å². The average molecular weight is 260 g/mol. The second-order valence-electron chi connectivity index (χ2n) is 5.18. The zero-order valence-corrected chi connectivity index (χ0v) is 11.3. The number of aliphatic hydroxyl groups excluding tert-OH is 1. The molecule has 103 valence electrons. The fourth-order valence-corrected chi connectivity index (χ4v) is 2.39. The van der Waals surface area contributed by atoms with Gasteiger partial charge < -0.3 is 10.0 Å². The molecule has 0 aromatic heterocycles. The number of hydrogen-bond acceptors (Lipinski definition) is 2. The Labute approximate surface area is 115 Å². The first-order valence-corrected chi connectivity index (χ1v) is 7.06. The summed E-state index contributed by atoms with van der Waals surface area (Å²) in [5.41, 5.74) is 2.00. The smallest absolute Gasteiger partial charge is 0.253 e. The number of rotatable bonds is 4. The lowest BCUT2D eigenvalue weighted by molar-refractivity contribution is 0.0546. The summed E-state index contributed by atoms with van der Waals surface area (Å²) in [6.07, 6.45) is 4.18. The Kier molecular flexibility index (Phi) is 4.97. The van der Waals surface area contributed by atoms with Crippen LogP contribution in [0.5, 0.6) is 0 Å². The summed E-state index contributed by atoms with van der Waals surface area (Å²) in [6, 6.07) is 7.88. The van der Waals surface area contributed by atoms with Crippen LogP contribution in [0.3, 0.4) is 0 Å². The highest BCUT2D eigenvalue weighted by Gasteiger charge is 2.21. The van der Waals surface area contributed by atoms with Gasteiger partial charge in [-0.25, -0.2) is 0 Å². The van der Waals surface area contributed by atoms with Crippen LogP contribution in [-0.2, 0) is 6.42 Å². The molecule has 1 aliphatic heterocycles. The van der Waals surface area contributed by atoms with E-state index in [4.69, 9.17) is 0 Å². The zero-order valence-electron chi connectivity index (χ0n) is 11.3. The average Bonchev–Trinajstić information content (AvgIpc) is 2.46. The van der Waals surface area contributed by atoms with Gasteiger partial charge in [0.15, 0.2) is 0 Å². The van der Waals surface area contributed by atoms with Crippen molar-refractivity contribution in [3.63, 3.8) is 0 Å². The van der Waals surface area contributed by atoms with Gasteiger partial charge in [0.1, 0.15) is 0 Å². The number of carbonyl (C=O) groups is 1. The second kappa shape index (κ2) is 6.71. The lowest BCUT2D eigenvalue weighted by Gasteiger charge is -2.29. The highest BCUT2D eigenvalue weighted by atomic mass is 16.3. The Morgan fingerprint density at radius 2 is 1.89 bits per heavy atom. The van der Waals surface area contributed by atoms with Crippen molar-refractivity contribution in [1.29, 1.82) is 0 Å². The fourth-order valence-electron chi connectivity index (χ4n) is 2.39. The number of aryl methyl sites for hydroxylation is 1. The molecule has 1 fully saturated rings. The largest absolute Gasteiger partial charge is 0.393 e. The Hall–Kier alpha value is -1.35. The number of amides is 1. The Balaban J connectivity index is 1.95. The summed E-state index contributed by atoms with van der Waals surface area (Å²) in [6.45, 7) is 5.14. The Morgan fingerprint density at radius 3 is 2.47 bits per heavy atom. The first-order valence-electron chi connectivity index (χ1n) is 7.06. The third-order valence-corrected chi connectivity index (χ3v) is 3.67. The highest BCUT2D eigenvalue weighted by Crippen LogP contribution is 2.15. The summed E-state index contributed by atoms with van der Waals surface area (Å²) < 4.78 is 0. The monoisotopic (exact) mass is 260 g/mol. The fraction of sp³-hybridized carbons (Fsp3) is 0.500. The first kappa shape index (κ1) is 14.1. The molecule has 3 heteroatoms. The minimum absolute atomic E-state index is 0.0793. The molecule has 1 heterocycles. The predicted octanol–water partition coefficient (Wildman–Crippen LogP) is 2.44. The van der Waals surface area contributed by atoms with E-state index in [9.17, 15) is 9.90 Å². The van der Waals surface area contributed by atoms with E-state index in [1.807, 2.05) is 29.2 Å². The quantitative estimate of drug-likeness (QED) is 0.903. The summed E-state index contributed by atoms with van der Waals surface area (Å²) in [7, 11) is 0. The molecule has 3 nitrogen and oxygen atoms in total. The van der Waals surface area contributed by atoms with E-state index in [2.05, 4.69) is 6.92 Å². The first-order chi connectivity index (χ1) is 9.20. The van der Waals surface area contributed by atoms with Crippen molar-refractivity contribution in [1.82, 2.24) is 4.90 Å². The Bertz CT molecular complexity index is 405. The van der Waals surface area contributed by atoms with Crippen LogP contribution >= 0.6 is 0 Å². The van der Waals surface area contributed by atoms with Crippen LogP contribution in [0, 0.1) is 6.92 Å². The number of nitrogens with zero attached hydrogens (tertiary/aromatic N) is 1. The minimum atomic E-state index is -0.242. The lowest BCUT2D eigenvalue weighted by atomic mass is 10.0. The molecule has 0 atom stereocenters. The van der Waals surface area contributed by atoms with Crippen molar-refractivity contribution in [3.05, 3.63) is 42.3 Å². The molecule has 1 aromatic rings. The topological polar surface area (TPSA) is 40.5 Å². The van der Waals surface area contributed by atoms with Crippen molar-refractivity contribution in [3.8, 4) is 0 Å². The van der Waals surface area contributed by atoms with Crippen LogP contribution in [-0.4, -0.2) is 35.1 Å². The number of unbranched alkanes of at least 4 members (excludes halogenated alkanes) is 1. The van der Waals surface area contributed by atoms with E-state index in [0.717, 1.165) is 24.8 Å². The van der Waals surface area contributed by atoms with E-state index >= 15 is 0 Å². The molecule has 0 saturated carbocycles. The molecule has 1 radical (unpaired) electrons. The number of piperidine rings is 1. The molecule has 0 unspecified atom stereocenters. The maximum atomic E-state index is 12.3. The lowest BCUT2D eigenvalue weighted by Crippen LogP contribution is -2.40. The summed E-state index contributed by atoms with van der Waals surface area (Å²) >= 11 is 0. The number of benzene rings is 1. The van der Waals surface area contributed by atoms with Gasteiger partial charge in [0.2, 0.25) is 0 Å². The summed E-state index contributed by atoms with van der Waals surface area (Å²) in [5, 5.41) is 9.46. The number of hydrogen-bond donors (Lipinski definition) is 1. The van der Waals surface area contributed by atoms with Crippen molar-refractivity contribution < 1.29 is 9.90 Å². The molecule has 1 aliphatic rings. The second-order valence-corrected chi connectivity index (χ2v) is 5.18. The number of likely N-dealkylation sites (tertiary alicyclic amines) is 1. The molecule has 0 spiro atoms. The van der Waals surface area contributed by atoms with Gasteiger partial charge in [-0.1, -0.05) is 25.5 Å². The third kappa shape index (κ3) is 3.80. The van der Waals surface area contributed by atoms with Crippen molar-refractivity contribution >= 4 is 5.91 Å². The van der Waals surface area contributed by atoms with Crippen LogP contribution in [0.2, 0.25) is 0 Å². The Morgan fingerprint density at radius 1 is 1.26 bits per heavy atom. The van der Waals surface area contributed by atoms with Gasteiger partial charge in [0, 0.05) is 18.7 Å². The third-order valence-electron chi connectivity index (χ3n) is 3.67. The van der Waals surface area contributed by atoms with E-state index in [-0.39, 0.29) is 12.0 Å². The van der Waals surface area contributed by atoms with Crippen LogP contribution in [0.4, 0.5) is 0 Å². The van der Waals surface area contributed by atoms with Gasteiger partial charge in [-0.05, 0) is 43.4 Å². The van der Waals surface area contributed by atoms with Crippen molar-refractivity contribution in [2.45, 2.75) is 38.2 Å². The maximum absolute atomic E-state index is 12.3. The summed E-state index contributed by atoms with van der Waals surface area (Å²) in [5.74, 6) is 0.0793. The van der Waals surface area contributed by atoms with Crippen LogP contribution in [0.25, 0.3) is 0 Å². The molecule has 1 saturated heterocycles. The number of carbonyl (C=O) groups excluding carboxylic acids is 1. The molecular formula is C16H22NO2. The zero-order chi connectivity index (χ0) is 13.7. The molecule has 1 aromatic carbocycles. The normalized spacial score (nSPS) is 16.6. The van der Waals surface area contributed by atoms with Crippen LogP contribution in [0.15, 0.2) is 24.3 Å². The SMILES string of the molecule is [CH2]CCCc1ccc(C(=O)N2CCC(O)CC2)cc1. The molecule has 1 amide bonds. The van der Waals surface area contributed by atoms with Crippen molar-refractivity contribution in [2.24, 2.45) is 0 Å². The van der Waals surface area contributed by atoms with Gasteiger partial charge >= 0.3 is 0 Å². The molecule has 19 heavy (non-hydrogen) atoms. The standard InChI is InChI=1S/C16H22NO2/c1-2-3-4-13-5-7-14(8-6-13)16(19)17-11-9-15(18)10-12-17/h5-8,15,18H,1-4,9-12H2. The maximum Gasteiger partial charge on any atom is 0.253 e. The van der Waals surface area contributed by atoms with Crippen LogP contribution < -0.4 is 0 Å². The number of aliphatic hydroxyl groups is 1. The van der Waals surface area contributed by atoms with E-state index < -0.39 is 0 Å². The minimum Gasteiger partial charge on any atom is -0.393 e. The van der Waals surface area contributed by atoms with Crippen molar-refractivity contribution in [2.75, 3.05) is 13.1 Å². The molecule has 0 aliphatic carbocycles. The highest BCUT2D eigenvalue weighted by molar-refractivity contribution is 5.94. The molecule has 2 rings (SSSR count). The molecular weight excluding hydrogens is 238 g/mol. The van der Waals surface area contributed by atoms with E-state index in [0.29, 0.717) is 25.9 Å². The summed E-state index contributed by atoms with van der Waals surface area (Å²) in [4.78, 5) is 14.1. The van der Waals surface area contributed by atoms with Gasteiger partial charge in [-0.15, -0.1) is 0 Å². The van der Waals surface area contributed by atoms with E-state index in [1.54, 1.807) is 0 Å². The van der Waals surface area contributed by atoms with Gasteiger partial charge in [-0.3, -0.25) is 4.79 Å².